The van der Waals surface area contributed by atoms with E-state index in [1.54, 1.807) is 11.9 Å². The Kier molecular flexibility index (Phi) is 6.87. The van der Waals surface area contributed by atoms with Gasteiger partial charge in [0, 0.05) is 37.0 Å². The van der Waals surface area contributed by atoms with Crippen molar-refractivity contribution in [2.24, 2.45) is 0 Å². The fourth-order valence-corrected chi connectivity index (χ4v) is 4.00. The van der Waals surface area contributed by atoms with Crippen molar-refractivity contribution in [3.8, 4) is 0 Å². The highest BCUT2D eigenvalue weighted by Gasteiger charge is 2.29. The van der Waals surface area contributed by atoms with Gasteiger partial charge in [-0.3, -0.25) is 9.59 Å². The molecule has 1 aromatic heterocycles. The molecule has 0 bridgehead atoms. The van der Waals surface area contributed by atoms with E-state index in [0.29, 0.717) is 25.2 Å². The van der Waals surface area contributed by atoms with Crippen molar-refractivity contribution < 1.29 is 19.1 Å². The summed E-state index contributed by atoms with van der Waals surface area (Å²) in [5, 5.41) is 4.56. The number of ether oxygens (including phenoxy) is 1. The number of fused-ring (bicyclic) bond motifs is 1. The number of hydrogen-bond acceptors (Lipinski definition) is 5. The number of likely N-dealkylation sites (N-methyl/N-ethyl adjacent to an activating group) is 1. The van der Waals surface area contributed by atoms with Crippen molar-refractivity contribution >= 4 is 34.9 Å². The van der Waals surface area contributed by atoms with Gasteiger partial charge in [-0.15, -0.1) is 11.3 Å². The SMILES string of the molecule is CCNC(=O)OC1CCN(C(=O)Cc2cccs2)CC(=O)N(C)c2ccccc21. The molecule has 3 rings (SSSR count). The number of amides is 3. The summed E-state index contributed by atoms with van der Waals surface area (Å²) >= 11 is 1.51. The highest BCUT2D eigenvalue weighted by atomic mass is 32.1. The Morgan fingerprint density at radius 2 is 2.03 bits per heavy atom. The molecule has 29 heavy (non-hydrogen) atoms. The van der Waals surface area contributed by atoms with Gasteiger partial charge in [0.1, 0.15) is 12.6 Å². The molecule has 8 heteroatoms. The fourth-order valence-electron chi connectivity index (χ4n) is 3.30. The molecule has 1 aliphatic rings. The largest absolute Gasteiger partial charge is 0.441 e. The van der Waals surface area contributed by atoms with Gasteiger partial charge < -0.3 is 19.9 Å². The Morgan fingerprint density at radius 3 is 2.76 bits per heavy atom. The van der Waals surface area contributed by atoms with Crippen molar-refractivity contribution in [1.82, 2.24) is 10.2 Å². The van der Waals surface area contributed by atoms with Crippen LogP contribution in [0.5, 0.6) is 0 Å². The first-order valence-corrected chi connectivity index (χ1v) is 10.5. The van der Waals surface area contributed by atoms with Gasteiger partial charge in [0.05, 0.1) is 12.1 Å². The van der Waals surface area contributed by atoms with Crippen molar-refractivity contribution in [3.05, 3.63) is 52.2 Å². The van der Waals surface area contributed by atoms with E-state index in [2.05, 4.69) is 5.32 Å². The number of carbonyl (C=O) groups excluding carboxylic acids is 3. The third kappa shape index (κ3) is 5.14. The number of hydrogen-bond donors (Lipinski definition) is 1. The second kappa shape index (κ2) is 9.56. The first-order valence-electron chi connectivity index (χ1n) is 9.59. The van der Waals surface area contributed by atoms with Crippen LogP contribution < -0.4 is 10.2 Å². The molecule has 0 saturated carbocycles. The molecule has 1 aromatic carbocycles. The van der Waals surface area contributed by atoms with Gasteiger partial charge in [0.15, 0.2) is 0 Å². The number of para-hydroxylation sites is 1. The van der Waals surface area contributed by atoms with Crippen LogP contribution in [-0.4, -0.2) is 49.5 Å². The first-order chi connectivity index (χ1) is 14.0. The van der Waals surface area contributed by atoms with Crippen LogP contribution in [0.4, 0.5) is 10.5 Å². The molecule has 1 aliphatic heterocycles. The molecule has 1 unspecified atom stereocenters. The van der Waals surface area contributed by atoms with E-state index >= 15 is 0 Å². The van der Waals surface area contributed by atoms with Gasteiger partial charge in [-0.1, -0.05) is 24.3 Å². The van der Waals surface area contributed by atoms with Gasteiger partial charge in [-0.25, -0.2) is 4.79 Å². The fraction of sp³-hybridized carbons (Fsp3) is 0.381. The van der Waals surface area contributed by atoms with Crippen molar-refractivity contribution in [2.75, 3.05) is 31.6 Å². The van der Waals surface area contributed by atoms with Crippen LogP contribution in [-0.2, 0) is 20.7 Å². The summed E-state index contributed by atoms with van der Waals surface area (Å²) in [5.74, 6) is -0.299. The molecule has 0 radical (unpaired) electrons. The van der Waals surface area contributed by atoms with Crippen LogP contribution in [0.15, 0.2) is 41.8 Å². The Balaban J connectivity index is 1.86. The molecular formula is C21H25N3O4S. The number of thiophene rings is 1. The minimum atomic E-state index is -0.567. The average molecular weight is 416 g/mol. The van der Waals surface area contributed by atoms with Gasteiger partial charge in [-0.2, -0.15) is 0 Å². The zero-order valence-electron chi connectivity index (χ0n) is 16.6. The normalized spacial score (nSPS) is 17.0. The monoisotopic (exact) mass is 415 g/mol. The lowest BCUT2D eigenvalue weighted by atomic mass is 10.0. The number of anilines is 1. The van der Waals surface area contributed by atoms with E-state index in [9.17, 15) is 14.4 Å². The van der Waals surface area contributed by atoms with E-state index in [1.807, 2.05) is 48.7 Å². The van der Waals surface area contributed by atoms with E-state index in [4.69, 9.17) is 4.74 Å². The van der Waals surface area contributed by atoms with E-state index in [0.717, 1.165) is 10.4 Å². The molecule has 0 spiro atoms. The van der Waals surface area contributed by atoms with Crippen LogP contribution in [0.1, 0.15) is 29.9 Å². The molecule has 2 aromatic rings. The van der Waals surface area contributed by atoms with Crippen molar-refractivity contribution in [1.29, 1.82) is 0 Å². The number of carbonyl (C=O) groups is 3. The topological polar surface area (TPSA) is 79.0 Å². The van der Waals surface area contributed by atoms with Crippen LogP contribution in [0.3, 0.4) is 0 Å². The lowest BCUT2D eigenvalue weighted by Crippen LogP contribution is -2.42. The maximum atomic E-state index is 12.8. The Hall–Kier alpha value is -2.87. The minimum absolute atomic E-state index is 0.0110. The zero-order valence-corrected chi connectivity index (χ0v) is 17.4. The Labute approximate surface area is 174 Å². The number of nitrogens with zero attached hydrogens (tertiary/aromatic N) is 2. The van der Waals surface area contributed by atoms with Crippen LogP contribution in [0.2, 0.25) is 0 Å². The molecule has 0 saturated heterocycles. The molecule has 7 nitrogen and oxygen atoms in total. The summed E-state index contributed by atoms with van der Waals surface area (Å²) in [6.45, 7) is 2.58. The summed E-state index contributed by atoms with van der Waals surface area (Å²) < 4.78 is 5.64. The zero-order chi connectivity index (χ0) is 20.8. The van der Waals surface area contributed by atoms with E-state index < -0.39 is 12.2 Å². The van der Waals surface area contributed by atoms with Gasteiger partial charge >= 0.3 is 6.09 Å². The summed E-state index contributed by atoms with van der Waals surface area (Å²) in [4.78, 5) is 41.8. The molecule has 3 amide bonds. The molecule has 0 fully saturated rings. The van der Waals surface area contributed by atoms with Crippen LogP contribution >= 0.6 is 11.3 Å². The second-order valence-corrected chi connectivity index (χ2v) is 7.83. The average Bonchev–Trinajstić information content (AvgIpc) is 3.22. The first kappa shape index (κ1) is 20.9. The van der Waals surface area contributed by atoms with Crippen molar-refractivity contribution in [3.63, 3.8) is 0 Å². The predicted molar refractivity (Wildman–Crippen MR) is 112 cm³/mol. The third-order valence-electron chi connectivity index (χ3n) is 4.84. The Morgan fingerprint density at radius 1 is 1.24 bits per heavy atom. The number of rotatable bonds is 4. The second-order valence-electron chi connectivity index (χ2n) is 6.80. The minimum Gasteiger partial charge on any atom is -0.441 e. The Bertz CT molecular complexity index is 869. The van der Waals surface area contributed by atoms with Crippen LogP contribution in [0, 0.1) is 0 Å². The molecule has 1 atom stereocenters. The summed E-state index contributed by atoms with van der Waals surface area (Å²) in [7, 11) is 1.68. The predicted octanol–water partition coefficient (Wildman–Crippen LogP) is 2.97. The highest BCUT2D eigenvalue weighted by molar-refractivity contribution is 7.10. The third-order valence-corrected chi connectivity index (χ3v) is 5.71. The molecule has 1 N–H and O–H groups in total. The number of alkyl carbamates (subject to hydrolysis) is 1. The smallest absolute Gasteiger partial charge is 0.407 e. The van der Waals surface area contributed by atoms with E-state index in [1.165, 1.54) is 16.2 Å². The molecule has 2 heterocycles. The number of nitrogens with one attached hydrogen (secondary N) is 1. The maximum Gasteiger partial charge on any atom is 0.407 e. The van der Waals surface area contributed by atoms with Gasteiger partial charge in [-0.05, 0) is 24.4 Å². The lowest BCUT2D eigenvalue weighted by Gasteiger charge is -2.24. The molecule has 0 aliphatic carbocycles. The summed E-state index contributed by atoms with van der Waals surface area (Å²) in [6.07, 6.45) is -0.422. The van der Waals surface area contributed by atoms with E-state index in [-0.39, 0.29) is 24.8 Å². The summed E-state index contributed by atoms with van der Waals surface area (Å²) in [5.41, 5.74) is 1.43. The lowest BCUT2D eigenvalue weighted by molar-refractivity contribution is -0.134. The molecule has 154 valence electrons. The van der Waals surface area contributed by atoms with Gasteiger partial charge in [0.25, 0.3) is 0 Å². The highest BCUT2D eigenvalue weighted by Crippen LogP contribution is 2.32. The number of benzene rings is 1. The van der Waals surface area contributed by atoms with Crippen LogP contribution in [0.25, 0.3) is 0 Å². The summed E-state index contributed by atoms with van der Waals surface area (Å²) in [6, 6.07) is 11.2. The quantitative estimate of drug-likeness (QED) is 0.833. The standard InChI is InChI=1S/C21H25N3O4S/c1-3-22-21(27)28-18-10-11-24(19(25)13-15-7-6-12-29-15)14-20(26)23(2)17-9-5-4-8-16(17)18/h4-9,12,18H,3,10-11,13-14H2,1-2H3,(H,22,27). The van der Waals surface area contributed by atoms with Gasteiger partial charge in [0.2, 0.25) is 11.8 Å². The van der Waals surface area contributed by atoms with Crippen molar-refractivity contribution in [2.45, 2.75) is 25.9 Å². The maximum absolute atomic E-state index is 12.8. The molecular weight excluding hydrogens is 390 g/mol.